The van der Waals surface area contributed by atoms with E-state index in [0.29, 0.717) is 12.1 Å². The number of rotatable bonds is 3. The minimum absolute atomic E-state index is 0.171. The number of ether oxygens (including phenoxy) is 1. The van der Waals surface area contributed by atoms with E-state index in [2.05, 4.69) is 4.90 Å². The Morgan fingerprint density at radius 3 is 3.00 bits per heavy atom. The number of nitrogens with zero attached hydrogens (tertiary/aromatic N) is 1. The molecule has 0 radical (unpaired) electrons. The highest BCUT2D eigenvalue weighted by Crippen LogP contribution is 2.28. The summed E-state index contributed by atoms with van der Waals surface area (Å²) < 4.78 is 5.81. The number of fused-ring (bicyclic) bond motifs is 1. The highest BCUT2D eigenvalue weighted by Gasteiger charge is 2.33. The van der Waals surface area contributed by atoms with Gasteiger partial charge >= 0.3 is 0 Å². The maximum Gasteiger partial charge on any atom is 0.0730 e. The van der Waals surface area contributed by atoms with E-state index in [1.165, 1.54) is 25.7 Å². The fourth-order valence-electron chi connectivity index (χ4n) is 2.81. The van der Waals surface area contributed by atoms with Crippen LogP contribution in [0.3, 0.4) is 0 Å². The van der Waals surface area contributed by atoms with Crippen molar-refractivity contribution in [1.29, 1.82) is 0 Å². The molecule has 88 valence electrons. The summed E-state index contributed by atoms with van der Waals surface area (Å²) in [5.74, 6) is 0. The van der Waals surface area contributed by atoms with Crippen LogP contribution in [-0.2, 0) is 4.74 Å². The molecule has 0 aromatic carbocycles. The van der Waals surface area contributed by atoms with Crippen LogP contribution in [0.5, 0.6) is 0 Å². The largest absolute Gasteiger partial charge is 0.393 e. The maximum absolute atomic E-state index is 9.32. The number of aliphatic hydroxyl groups is 1. The first kappa shape index (κ1) is 11.4. The van der Waals surface area contributed by atoms with E-state index in [9.17, 15) is 5.11 Å². The summed E-state index contributed by atoms with van der Waals surface area (Å²) in [7, 11) is 0. The molecule has 3 unspecified atom stereocenters. The van der Waals surface area contributed by atoms with Crippen molar-refractivity contribution in [2.45, 2.75) is 57.3 Å². The molecule has 1 aliphatic heterocycles. The van der Waals surface area contributed by atoms with Crippen LogP contribution in [0.1, 0.15) is 39.0 Å². The Labute approximate surface area is 92.4 Å². The second-order valence-electron chi connectivity index (χ2n) is 4.93. The molecule has 2 fully saturated rings. The van der Waals surface area contributed by atoms with Crippen molar-refractivity contribution in [3.05, 3.63) is 0 Å². The van der Waals surface area contributed by atoms with Gasteiger partial charge in [0.1, 0.15) is 0 Å². The van der Waals surface area contributed by atoms with Gasteiger partial charge in [0, 0.05) is 19.1 Å². The van der Waals surface area contributed by atoms with Gasteiger partial charge < -0.3 is 9.84 Å². The fourth-order valence-corrected chi connectivity index (χ4v) is 2.81. The third-order valence-electron chi connectivity index (χ3n) is 3.68. The van der Waals surface area contributed by atoms with Gasteiger partial charge in [-0.25, -0.2) is 0 Å². The van der Waals surface area contributed by atoms with E-state index in [1.54, 1.807) is 0 Å². The summed E-state index contributed by atoms with van der Waals surface area (Å²) in [4.78, 5) is 2.53. The summed E-state index contributed by atoms with van der Waals surface area (Å²) in [5, 5.41) is 9.32. The van der Waals surface area contributed by atoms with Crippen LogP contribution in [0, 0.1) is 0 Å². The average molecular weight is 213 g/mol. The Balaban J connectivity index is 1.86. The minimum atomic E-state index is -0.171. The third kappa shape index (κ3) is 2.92. The number of morpholine rings is 1. The molecule has 2 rings (SSSR count). The zero-order chi connectivity index (χ0) is 10.7. The smallest absolute Gasteiger partial charge is 0.0730 e. The standard InChI is InChI=1S/C12H23NO2/c1-10(14)6-7-13-8-9-15-12-5-3-2-4-11(12)13/h10-12,14H,2-9H2,1H3. The predicted molar refractivity (Wildman–Crippen MR) is 59.9 cm³/mol. The molecule has 3 heteroatoms. The summed E-state index contributed by atoms with van der Waals surface area (Å²) in [6, 6.07) is 0.631. The van der Waals surface area contributed by atoms with Gasteiger partial charge in [-0.3, -0.25) is 4.90 Å². The van der Waals surface area contributed by atoms with Crippen molar-refractivity contribution in [2.24, 2.45) is 0 Å². The molecule has 0 spiro atoms. The fraction of sp³-hybridized carbons (Fsp3) is 1.00. The van der Waals surface area contributed by atoms with Crippen molar-refractivity contribution in [3.8, 4) is 0 Å². The van der Waals surface area contributed by atoms with Gasteiger partial charge in [0.2, 0.25) is 0 Å². The van der Waals surface area contributed by atoms with Crippen molar-refractivity contribution in [1.82, 2.24) is 4.90 Å². The van der Waals surface area contributed by atoms with E-state index in [1.807, 2.05) is 6.92 Å². The van der Waals surface area contributed by atoms with Crippen LogP contribution in [0.2, 0.25) is 0 Å². The lowest BCUT2D eigenvalue weighted by Crippen LogP contribution is -2.53. The van der Waals surface area contributed by atoms with Crippen molar-refractivity contribution < 1.29 is 9.84 Å². The van der Waals surface area contributed by atoms with E-state index in [4.69, 9.17) is 4.74 Å². The second kappa shape index (κ2) is 5.28. The molecule has 1 saturated heterocycles. The molecule has 1 heterocycles. The molecular formula is C12H23NO2. The van der Waals surface area contributed by atoms with Crippen molar-refractivity contribution in [2.75, 3.05) is 19.7 Å². The molecule has 1 saturated carbocycles. The molecule has 3 atom stereocenters. The lowest BCUT2D eigenvalue weighted by Gasteiger charge is -2.44. The van der Waals surface area contributed by atoms with Gasteiger partial charge in [-0.05, 0) is 26.2 Å². The third-order valence-corrected chi connectivity index (χ3v) is 3.68. The van der Waals surface area contributed by atoms with Crippen LogP contribution in [-0.4, -0.2) is 48.0 Å². The van der Waals surface area contributed by atoms with Crippen LogP contribution in [0.15, 0.2) is 0 Å². The Kier molecular flexibility index (Phi) is 4.00. The molecule has 0 aromatic heterocycles. The minimum Gasteiger partial charge on any atom is -0.393 e. The molecule has 0 bridgehead atoms. The zero-order valence-corrected chi connectivity index (χ0v) is 9.69. The molecule has 15 heavy (non-hydrogen) atoms. The molecular weight excluding hydrogens is 190 g/mol. The lowest BCUT2D eigenvalue weighted by atomic mass is 9.90. The van der Waals surface area contributed by atoms with Gasteiger partial charge in [0.15, 0.2) is 0 Å². The SMILES string of the molecule is CC(O)CCN1CCOC2CCCCC21. The van der Waals surface area contributed by atoms with Crippen LogP contribution in [0.4, 0.5) is 0 Å². The number of hydrogen-bond donors (Lipinski definition) is 1. The van der Waals surface area contributed by atoms with Crippen LogP contribution >= 0.6 is 0 Å². The monoisotopic (exact) mass is 213 g/mol. The zero-order valence-electron chi connectivity index (χ0n) is 9.69. The topological polar surface area (TPSA) is 32.7 Å². The van der Waals surface area contributed by atoms with Crippen molar-refractivity contribution >= 4 is 0 Å². The first-order chi connectivity index (χ1) is 7.27. The normalized spacial score (nSPS) is 34.8. The van der Waals surface area contributed by atoms with E-state index in [0.717, 1.165) is 26.1 Å². The van der Waals surface area contributed by atoms with Gasteiger partial charge in [0.05, 0.1) is 18.8 Å². The molecule has 2 aliphatic rings. The highest BCUT2D eigenvalue weighted by molar-refractivity contribution is 4.87. The second-order valence-corrected chi connectivity index (χ2v) is 4.93. The summed E-state index contributed by atoms with van der Waals surface area (Å²) >= 11 is 0. The predicted octanol–water partition coefficient (Wildman–Crippen LogP) is 1.40. The molecule has 0 aromatic rings. The Hall–Kier alpha value is -0.120. The lowest BCUT2D eigenvalue weighted by molar-refractivity contribution is -0.0900. The van der Waals surface area contributed by atoms with Gasteiger partial charge in [-0.15, -0.1) is 0 Å². The van der Waals surface area contributed by atoms with Crippen LogP contribution in [0.25, 0.3) is 0 Å². The number of aliphatic hydroxyl groups excluding tert-OH is 1. The van der Waals surface area contributed by atoms with Gasteiger partial charge in [-0.2, -0.15) is 0 Å². The highest BCUT2D eigenvalue weighted by atomic mass is 16.5. The molecule has 3 nitrogen and oxygen atoms in total. The molecule has 1 N–H and O–H groups in total. The first-order valence-corrected chi connectivity index (χ1v) is 6.31. The first-order valence-electron chi connectivity index (χ1n) is 6.31. The molecule has 1 aliphatic carbocycles. The Morgan fingerprint density at radius 1 is 1.40 bits per heavy atom. The summed E-state index contributed by atoms with van der Waals surface area (Å²) in [6.07, 6.45) is 6.38. The van der Waals surface area contributed by atoms with Gasteiger partial charge in [-0.1, -0.05) is 12.8 Å². The maximum atomic E-state index is 9.32. The van der Waals surface area contributed by atoms with E-state index in [-0.39, 0.29) is 6.10 Å². The number of hydrogen-bond acceptors (Lipinski definition) is 3. The summed E-state index contributed by atoms with van der Waals surface area (Å²) in [5.41, 5.74) is 0. The van der Waals surface area contributed by atoms with Crippen LogP contribution < -0.4 is 0 Å². The van der Waals surface area contributed by atoms with Crippen molar-refractivity contribution in [3.63, 3.8) is 0 Å². The van der Waals surface area contributed by atoms with E-state index < -0.39 is 0 Å². The Morgan fingerprint density at radius 2 is 2.20 bits per heavy atom. The van der Waals surface area contributed by atoms with E-state index >= 15 is 0 Å². The van der Waals surface area contributed by atoms with Gasteiger partial charge in [0.25, 0.3) is 0 Å². The summed E-state index contributed by atoms with van der Waals surface area (Å²) in [6.45, 7) is 4.83. The Bertz CT molecular complexity index is 194. The average Bonchev–Trinajstić information content (AvgIpc) is 2.26. The molecule has 0 amide bonds. The quantitative estimate of drug-likeness (QED) is 0.769.